The maximum atomic E-state index is 6.70. The Morgan fingerprint density at radius 3 is 2.12 bits per heavy atom. The molecule has 8 heteroatoms. The van der Waals surface area contributed by atoms with E-state index in [1.54, 1.807) is 0 Å². The van der Waals surface area contributed by atoms with E-state index in [1.807, 2.05) is 42.5 Å². The third kappa shape index (κ3) is 8.81. The number of hydrogen-bond donors (Lipinski definition) is 2. The Bertz CT molecular complexity index is 1280. The number of benzene rings is 3. The second-order valence-corrected chi connectivity index (χ2v) is 13.0. The fourth-order valence-corrected chi connectivity index (χ4v) is 6.82. The van der Waals surface area contributed by atoms with Gasteiger partial charge in [0.1, 0.15) is 5.84 Å². The van der Waals surface area contributed by atoms with Crippen LogP contribution in [0.2, 0.25) is 10.0 Å². The number of rotatable bonds is 11. The Kier molecular flexibility index (Phi) is 11.5. The maximum Gasteiger partial charge on any atom is 0.114 e. The minimum absolute atomic E-state index is 0.0472. The molecule has 3 aromatic carbocycles. The van der Waals surface area contributed by atoms with Gasteiger partial charge in [0, 0.05) is 48.3 Å². The van der Waals surface area contributed by atoms with Crippen molar-refractivity contribution in [2.75, 3.05) is 45.8 Å². The first-order valence-corrected chi connectivity index (χ1v) is 16.5. The molecular formula is C35H46Cl2N6. The molecule has 2 atom stereocenters. The molecule has 6 nitrogen and oxygen atoms in total. The predicted octanol–water partition coefficient (Wildman–Crippen LogP) is 7.04. The van der Waals surface area contributed by atoms with E-state index in [4.69, 9.17) is 39.7 Å². The Balaban J connectivity index is 1.18. The van der Waals surface area contributed by atoms with E-state index in [0.29, 0.717) is 18.4 Å². The summed E-state index contributed by atoms with van der Waals surface area (Å²) in [4.78, 5) is 12.4. The van der Waals surface area contributed by atoms with Crippen molar-refractivity contribution in [3.05, 3.63) is 99.5 Å². The standard InChI is InChI=1S/C35H46Cl2N6/c1-26-7-4-5-19-42(26)20-6-9-32(38)31-8-2-3-10-33(31)40-34(39)25-41-21-23-43(24-22-41)35(27-11-15-29(36)16-12-27)28-13-17-30(37)18-14-28/h2-3,8,10-18,26,32,35H,4-7,9,19-25,38H2,1H3,(H2,39,40). The second kappa shape index (κ2) is 15.5. The van der Waals surface area contributed by atoms with Crippen molar-refractivity contribution in [3.63, 3.8) is 0 Å². The molecule has 43 heavy (non-hydrogen) atoms. The Hall–Kier alpha value is -2.45. The fourth-order valence-electron chi connectivity index (χ4n) is 6.57. The van der Waals surface area contributed by atoms with Crippen molar-refractivity contribution in [1.29, 1.82) is 0 Å². The largest absolute Gasteiger partial charge is 0.386 e. The normalized spacial score (nSPS) is 20.0. The van der Waals surface area contributed by atoms with Gasteiger partial charge in [-0.3, -0.25) is 9.80 Å². The van der Waals surface area contributed by atoms with Crippen molar-refractivity contribution < 1.29 is 0 Å². The molecule has 0 radical (unpaired) electrons. The minimum Gasteiger partial charge on any atom is -0.386 e. The van der Waals surface area contributed by atoms with E-state index in [-0.39, 0.29) is 12.1 Å². The van der Waals surface area contributed by atoms with Crippen molar-refractivity contribution >= 4 is 34.7 Å². The zero-order chi connectivity index (χ0) is 30.2. The summed E-state index contributed by atoms with van der Waals surface area (Å²) in [6.07, 6.45) is 6.01. The quantitative estimate of drug-likeness (QED) is 0.178. The summed E-state index contributed by atoms with van der Waals surface area (Å²) in [6, 6.07) is 25.3. The van der Waals surface area contributed by atoms with Gasteiger partial charge in [-0.05, 0) is 92.7 Å². The Morgan fingerprint density at radius 2 is 1.49 bits per heavy atom. The number of amidine groups is 1. The van der Waals surface area contributed by atoms with Crippen LogP contribution in [0.25, 0.3) is 0 Å². The number of nitrogens with two attached hydrogens (primary N) is 2. The maximum absolute atomic E-state index is 6.70. The summed E-state index contributed by atoms with van der Waals surface area (Å²) >= 11 is 12.4. The number of para-hydroxylation sites is 1. The van der Waals surface area contributed by atoms with Gasteiger partial charge >= 0.3 is 0 Å². The SMILES string of the molecule is CC1CCCCN1CCCC(N)c1ccccc1N=C(N)CN1CCN(C(c2ccc(Cl)cc2)c2ccc(Cl)cc2)CC1. The van der Waals surface area contributed by atoms with Crippen molar-refractivity contribution in [2.24, 2.45) is 16.5 Å². The Morgan fingerprint density at radius 1 is 0.860 bits per heavy atom. The molecule has 3 aromatic rings. The van der Waals surface area contributed by atoms with Crippen molar-refractivity contribution in [3.8, 4) is 0 Å². The fraction of sp³-hybridized carbons (Fsp3) is 0.457. The molecule has 230 valence electrons. The van der Waals surface area contributed by atoms with Crippen LogP contribution < -0.4 is 11.5 Å². The van der Waals surface area contributed by atoms with Crippen LogP contribution in [0.15, 0.2) is 77.8 Å². The van der Waals surface area contributed by atoms with Gasteiger partial charge in [-0.1, -0.05) is 72.1 Å². The summed E-state index contributed by atoms with van der Waals surface area (Å²) in [5, 5.41) is 1.49. The van der Waals surface area contributed by atoms with Gasteiger partial charge in [-0.2, -0.15) is 0 Å². The number of aliphatic imine (C=N–C) groups is 1. The molecule has 2 heterocycles. The summed E-state index contributed by atoms with van der Waals surface area (Å²) < 4.78 is 0. The van der Waals surface area contributed by atoms with E-state index >= 15 is 0 Å². The first-order chi connectivity index (χ1) is 20.9. The van der Waals surface area contributed by atoms with Crippen LogP contribution in [-0.2, 0) is 0 Å². The van der Waals surface area contributed by atoms with Crippen LogP contribution in [0, 0.1) is 0 Å². The number of nitrogens with zero attached hydrogens (tertiary/aromatic N) is 4. The average molecular weight is 622 g/mol. The molecule has 0 aromatic heterocycles. The van der Waals surface area contributed by atoms with Gasteiger partial charge in [0.05, 0.1) is 18.3 Å². The highest BCUT2D eigenvalue weighted by Gasteiger charge is 2.27. The van der Waals surface area contributed by atoms with Gasteiger partial charge in [0.2, 0.25) is 0 Å². The Labute approximate surface area is 267 Å². The number of piperidine rings is 1. The molecule has 4 N–H and O–H groups in total. The lowest BCUT2D eigenvalue weighted by Crippen LogP contribution is -2.49. The summed E-state index contributed by atoms with van der Waals surface area (Å²) in [5.41, 5.74) is 17.7. The molecule has 0 spiro atoms. The van der Waals surface area contributed by atoms with Crippen LogP contribution >= 0.6 is 23.2 Å². The molecule has 0 aliphatic carbocycles. The predicted molar refractivity (Wildman–Crippen MR) is 182 cm³/mol. The number of piperazine rings is 1. The molecule has 5 rings (SSSR count). The average Bonchev–Trinajstić information content (AvgIpc) is 3.01. The summed E-state index contributed by atoms with van der Waals surface area (Å²) in [5.74, 6) is 0.627. The highest BCUT2D eigenvalue weighted by Crippen LogP contribution is 2.32. The summed E-state index contributed by atoms with van der Waals surface area (Å²) in [6.45, 7) is 8.96. The van der Waals surface area contributed by atoms with Gasteiger partial charge in [0.15, 0.2) is 0 Å². The van der Waals surface area contributed by atoms with Gasteiger partial charge in [-0.25, -0.2) is 4.99 Å². The van der Waals surface area contributed by atoms with Crippen LogP contribution in [0.4, 0.5) is 5.69 Å². The van der Waals surface area contributed by atoms with E-state index in [0.717, 1.165) is 66.9 Å². The van der Waals surface area contributed by atoms with Crippen LogP contribution in [0.1, 0.15) is 67.8 Å². The van der Waals surface area contributed by atoms with Crippen molar-refractivity contribution in [1.82, 2.24) is 14.7 Å². The van der Waals surface area contributed by atoms with E-state index in [1.165, 1.54) is 36.9 Å². The second-order valence-electron chi connectivity index (χ2n) is 12.1. The molecule has 2 saturated heterocycles. The number of halogens is 2. The molecule has 0 saturated carbocycles. The molecule has 0 amide bonds. The zero-order valence-electron chi connectivity index (χ0n) is 25.3. The number of likely N-dealkylation sites (tertiary alicyclic amines) is 1. The van der Waals surface area contributed by atoms with E-state index in [9.17, 15) is 0 Å². The molecular weight excluding hydrogens is 575 g/mol. The molecule has 2 unspecified atom stereocenters. The topological polar surface area (TPSA) is 74.1 Å². The lowest BCUT2D eigenvalue weighted by atomic mass is 9.96. The summed E-state index contributed by atoms with van der Waals surface area (Å²) in [7, 11) is 0. The highest BCUT2D eigenvalue weighted by molar-refractivity contribution is 6.30. The van der Waals surface area contributed by atoms with Gasteiger partial charge < -0.3 is 16.4 Å². The van der Waals surface area contributed by atoms with Crippen LogP contribution in [-0.4, -0.2) is 72.4 Å². The third-order valence-corrected chi connectivity index (χ3v) is 9.53. The van der Waals surface area contributed by atoms with Gasteiger partial charge in [-0.15, -0.1) is 0 Å². The third-order valence-electron chi connectivity index (χ3n) is 9.03. The molecule has 2 aliphatic rings. The monoisotopic (exact) mass is 620 g/mol. The lowest BCUT2D eigenvalue weighted by molar-refractivity contribution is 0.120. The van der Waals surface area contributed by atoms with Crippen LogP contribution in [0.5, 0.6) is 0 Å². The first kappa shape index (κ1) is 32.0. The molecule has 2 fully saturated rings. The van der Waals surface area contributed by atoms with Crippen molar-refractivity contribution in [2.45, 2.75) is 57.2 Å². The van der Waals surface area contributed by atoms with E-state index < -0.39 is 0 Å². The molecule has 0 bridgehead atoms. The highest BCUT2D eigenvalue weighted by atomic mass is 35.5. The first-order valence-electron chi connectivity index (χ1n) is 15.8. The lowest BCUT2D eigenvalue weighted by Gasteiger charge is -2.39. The minimum atomic E-state index is -0.0472. The smallest absolute Gasteiger partial charge is 0.114 e. The van der Waals surface area contributed by atoms with Gasteiger partial charge in [0.25, 0.3) is 0 Å². The number of hydrogen-bond acceptors (Lipinski definition) is 5. The van der Waals surface area contributed by atoms with E-state index in [2.05, 4.69) is 52.0 Å². The van der Waals surface area contributed by atoms with Crippen LogP contribution in [0.3, 0.4) is 0 Å². The zero-order valence-corrected chi connectivity index (χ0v) is 26.9. The molecule has 2 aliphatic heterocycles.